The van der Waals surface area contributed by atoms with Gasteiger partial charge in [-0.15, -0.1) is 0 Å². The summed E-state index contributed by atoms with van der Waals surface area (Å²) >= 11 is 0. The van der Waals surface area contributed by atoms with Crippen LogP contribution < -0.4 is 0 Å². The Morgan fingerprint density at radius 3 is 2.45 bits per heavy atom. The van der Waals surface area contributed by atoms with Crippen LogP contribution in [0.1, 0.15) is 42.1 Å². The van der Waals surface area contributed by atoms with E-state index in [4.69, 9.17) is 0 Å². The van der Waals surface area contributed by atoms with Gasteiger partial charge in [0.15, 0.2) is 5.78 Å². The molecule has 1 aromatic heterocycles. The number of pyridine rings is 1. The summed E-state index contributed by atoms with van der Waals surface area (Å²) in [5, 5.41) is 0. The molecule has 2 aromatic rings. The SMILES string of the molecule is CCCCN(CCC(=O)c1ccncc1)Cc1ccccc1. The number of rotatable bonds is 9. The van der Waals surface area contributed by atoms with E-state index in [2.05, 4.69) is 41.1 Å². The lowest BCUT2D eigenvalue weighted by atomic mass is 10.1. The number of ketones is 1. The van der Waals surface area contributed by atoms with Gasteiger partial charge in [0.1, 0.15) is 0 Å². The van der Waals surface area contributed by atoms with E-state index in [9.17, 15) is 4.79 Å². The van der Waals surface area contributed by atoms with Crippen molar-refractivity contribution in [2.24, 2.45) is 0 Å². The highest BCUT2D eigenvalue weighted by atomic mass is 16.1. The summed E-state index contributed by atoms with van der Waals surface area (Å²) in [6.07, 6.45) is 6.23. The monoisotopic (exact) mass is 296 g/mol. The van der Waals surface area contributed by atoms with Gasteiger partial charge in [0, 0.05) is 37.5 Å². The average molecular weight is 296 g/mol. The first-order valence-corrected chi connectivity index (χ1v) is 7.99. The second-order valence-corrected chi connectivity index (χ2v) is 5.52. The zero-order valence-corrected chi connectivity index (χ0v) is 13.2. The summed E-state index contributed by atoms with van der Waals surface area (Å²) in [6, 6.07) is 14.0. The molecule has 22 heavy (non-hydrogen) atoms. The molecule has 0 atom stereocenters. The van der Waals surface area contributed by atoms with Gasteiger partial charge in [-0.3, -0.25) is 14.7 Å². The zero-order valence-electron chi connectivity index (χ0n) is 13.2. The molecule has 0 saturated heterocycles. The van der Waals surface area contributed by atoms with E-state index in [0.717, 1.165) is 31.6 Å². The first-order chi connectivity index (χ1) is 10.8. The average Bonchev–Trinajstić information content (AvgIpc) is 2.58. The van der Waals surface area contributed by atoms with Crippen LogP contribution in [0.15, 0.2) is 54.9 Å². The van der Waals surface area contributed by atoms with Crippen molar-refractivity contribution in [3.8, 4) is 0 Å². The molecule has 1 heterocycles. The van der Waals surface area contributed by atoms with E-state index in [1.54, 1.807) is 24.5 Å². The highest BCUT2D eigenvalue weighted by Gasteiger charge is 2.10. The molecule has 0 spiro atoms. The van der Waals surface area contributed by atoms with Crippen LogP contribution in [0.4, 0.5) is 0 Å². The van der Waals surface area contributed by atoms with Crippen molar-refractivity contribution in [2.75, 3.05) is 13.1 Å². The normalized spacial score (nSPS) is 10.8. The third-order valence-electron chi connectivity index (χ3n) is 3.73. The molecule has 0 unspecified atom stereocenters. The number of benzene rings is 1. The largest absolute Gasteiger partial charge is 0.299 e. The van der Waals surface area contributed by atoms with Gasteiger partial charge < -0.3 is 0 Å². The number of hydrogen-bond acceptors (Lipinski definition) is 3. The van der Waals surface area contributed by atoms with Crippen molar-refractivity contribution < 1.29 is 4.79 Å². The van der Waals surface area contributed by atoms with Gasteiger partial charge in [0.2, 0.25) is 0 Å². The minimum absolute atomic E-state index is 0.192. The maximum atomic E-state index is 12.2. The molecule has 116 valence electrons. The molecular formula is C19H24N2O. The van der Waals surface area contributed by atoms with Crippen molar-refractivity contribution in [1.82, 2.24) is 9.88 Å². The summed E-state index contributed by atoms with van der Waals surface area (Å²) in [6.45, 7) is 4.94. The van der Waals surface area contributed by atoms with E-state index < -0.39 is 0 Å². The Labute approximate surface area is 133 Å². The molecule has 3 heteroatoms. The van der Waals surface area contributed by atoms with Crippen LogP contribution in [0.3, 0.4) is 0 Å². The topological polar surface area (TPSA) is 33.2 Å². The first kappa shape index (κ1) is 16.4. The van der Waals surface area contributed by atoms with Crippen LogP contribution >= 0.6 is 0 Å². The fourth-order valence-electron chi connectivity index (χ4n) is 2.44. The van der Waals surface area contributed by atoms with Crippen LogP contribution in [0.5, 0.6) is 0 Å². The number of unbranched alkanes of at least 4 members (excludes halogenated alkanes) is 1. The second-order valence-electron chi connectivity index (χ2n) is 5.52. The van der Waals surface area contributed by atoms with Gasteiger partial charge in [-0.25, -0.2) is 0 Å². The Morgan fingerprint density at radius 2 is 1.77 bits per heavy atom. The fourth-order valence-corrected chi connectivity index (χ4v) is 2.44. The van der Waals surface area contributed by atoms with E-state index >= 15 is 0 Å². The molecule has 0 aliphatic heterocycles. The van der Waals surface area contributed by atoms with Crippen molar-refractivity contribution in [2.45, 2.75) is 32.7 Å². The molecule has 0 fully saturated rings. The lowest BCUT2D eigenvalue weighted by Gasteiger charge is -2.22. The minimum atomic E-state index is 0.192. The maximum absolute atomic E-state index is 12.2. The molecule has 0 aliphatic rings. The number of hydrogen-bond donors (Lipinski definition) is 0. The Balaban J connectivity index is 1.90. The molecule has 0 radical (unpaired) electrons. The third-order valence-corrected chi connectivity index (χ3v) is 3.73. The van der Waals surface area contributed by atoms with Gasteiger partial charge >= 0.3 is 0 Å². The van der Waals surface area contributed by atoms with Gasteiger partial charge in [-0.1, -0.05) is 43.7 Å². The zero-order chi connectivity index (χ0) is 15.6. The lowest BCUT2D eigenvalue weighted by Crippen LogP contribution is -2.27. The van der Waals surface area contributed by atoms with Crippen LogP contribution in [0, 0.1) is 0 Å². The molecule has 0 aliphatic carbocycles. The third kappa shape index (κ3) is 5.41. The van der Waals surface area contributed by atoms with Gasteiger partial charge in [-0.2, -0.15) is 0 Å². The molecule has 0 N–H and O–H groups in total. The summed E-state index contributed by atoms with van der Waals surface area (Å²) in [5.41, 5.74) is 2.06. The van der Waals surface area contributed by atoms with E-state index in [1.807, 2.05) is 6.07 Å². The van der Waals surface area contributed by atoms with Crippen molar-refractivity contribution in [3.63, 3.8) is 0 Å². The molecule has 3 nitrogen and oxygen atoms in total. The molecule has 0 amide bonds. The number of Topliss-reactive ketones (excluding diaryl/α,β-unsaturated/α-hetero) is 1. The van der Waals surface area contributed by atoms with Crippen molar-refractivity contribution >= 4 is 5.78 Å². The summed E-state index contributed by atoms with van der Waals surface area (Å²) in [5.74, 6) is 0.192. The highest BCUT2D eigenvalue weighted by molar-refractivity contribution is 5.95. The standard InChI is InChI=1S/C19H24N2O/c1-2-3-14-21(16-17-7-5-4-6-8-17)15-11-19(22)18-9-12-20-13-10-18/h4-10,12-13H,2-3,11,14-16H2,1H3. The Morgan fingerprint density at radius 1 is 1.05 bits per heavy atom. The van der Waals surface area contributed by atoms with Crippen LogP contribution in [0.2, 0.25) is 0 Å². The molecular weight excluding hydrogens is 272 g/mol. The van der Waals surface area contributed by atoms with Crippen LogP contribution in [0.25, 0.3) is 0 Å². The second kappa shape index (κ2) is 9.11. The van der Waals surface area contributed by atoms with Crippen LogP contribution in [-0.4, -0.2) is 28.8 Å². The van der Waals surface area contributed by atoms with Crippen molar-refractivity contribution in [3.05, 3.63) is 66.0 Å². The predicted molar refractivity (Wildman–Crippen MR) is 89.8 cm³/mol. The lowest BCUT2D eigenvalue weighted by molar-refractivity contribution is 0.0961. The number of carbonyl (C=O) groups is 1. The van der Waals surface area contributed by atoms with Gasteiger partial charge in [0.25, 0.3) is 0 Å². The smallest absolute Gasteiger partial charge is 0.164 e. The van der Waals surface area contributed by atoms with Gasteiger partial charge in [0.05, 0.1) is 0 Å². The maximum Gasteiger partial charge on any atom is 0.164 e. The van der Waals surface area contributed by atoms with E-state index in [0.29, 0.717) is 6.42 Å². The minimum Gasteiger partial charge on any atom is -0.299 e. The molecule has 2 rings (SSSR count). The summed E-state index contributed by atoms with van der Waals surface area (Å²) < 4.78 is 0. The Hall–Kier alpha value is -2.00. The van der Waals surface area contributed by atoms with Gasteiger partial charge in [-0.05, 0) is 30.7 Å². The summed E-state index contributed by atoms with van der Waals surface area (Å²) in [7, 11) is 0. The van der Waals surface area contributed by atoms with E-state index in [-0.39, 0.29) is 5.78 Å². The Bertz CT molecular complexity index is 554. The highest BCUT2D eigenvalue weighted by Crippen LogP contribution is 2.09. The fraction of sp³-hybridized carbons (Fsp3) is 0.368. The van der Waals surface area contributed by atoms with E-state index in [1.165, 1.54) is 12.0 Å². The van der Waals surface area contributed by atoms with Crippen molar-refractivity contribution in [1.29, 1.82) is 0 Å². The Kier molecular flexibility index (Phi) is 6.78. The molecule has 0 bridgehead atoms. The number of carbonyl (C=O) groups excluding carboxylic acids is 1. The number of nitrogens with zero attached hydrogens (tertiary/aromatic N) is 2. The summed E-state index contributed by atoms with van der Waals surface area (Å²) in [4.78, 5) is 18.6. The van der Waals surface area contributed by atoms with Crippen LogP contribution in [-0.2, 0) is 6.54 Å². The molecule has 1 aromatic carbocycles. The first-order valence-electron chi connectivity index (χ1n) is 7.99. The molecule has 0 saturated carbocycles. The predicted octanol–water partition coefficient (Wildman–Crippen LogP) is 3.96. The number of aromatic nitrogens is 1. The quantitative estimate of drug-likeness (QED) is 0.657.